The van der Waals surface area contributed by atoms with E-state index in [0.717, 1.165) is 23.3 Å². The predicted molar refractivity (Wildman–Crippen MR) is 59.3 cm³/mol. The zero-order chi connectivity index (χ0) is 9.68. The number of allylic oxidation sites excluding steroid dienone is 1. The molecule has 2 nitrogen and oxygen atoms in total. The maximum absolute atomic E-state index is 11.0. The topological polar surface area (TPSA) is 32.9 Å². The number of hydrogen-bond donors (Lipinski definition) is 2. The first-order chi connectivity index (χ1) is 6.24. The summed E-state index contributed by atoms with van der Waals surface area (Å²) >= 11 is 4.09. The first-order valence-corrected chi connectivity index (χ1v) is 4.84. The van der Waals surface area contributed by atoms with Gasteiger partial charge in [-0.2, -0.15) is 12.6 Å². The van der Waals surface area contributed by atoms with Crippen LogP contribution in [0.4, 0.5) is 0 Å². The third-order valence-electron chi connectivity index (χ3n) is 1.72. The fourth-order valence-electron chi connectivity index (χ4n) is 1.01. The second kappa shape index (κ2) is 4.92. The van der Waals surface area contributed by atoms with Crippen LogP contribution in [-0.2, 0) is 0 Å². The molecule has 1 rings (SSSR count). The summed E-state index contributed by atoms with van der Waals surface area (Å²) in [5.74, 6) is 0.846. The Labute approximate surface area is 83.1 Å². The van der Waals surface area contributed by atoms with Gasteiger partial charge in [0.25, 0.3) is 5.56 Å². The minimum absolute atomic E-state index is 0.0219. The summed E-state index contributed by atoms with van der Waals surface area (Å²) in [5.41, 5.74) is 1.75. The average molecular weight is 195 g/mol. The van der Waals surface area contributed by atoms with Crippen molar-refractivity contribution in [2.75, 3.05) is 5.75 Å². The SMILES string of the molecule is Cc1cc(C=CCCS)c[nH]c1=O. The standard InChI is InChI=1S/C10H13NOS/c1-8-6-9(4-2-3-5-13)7-11-10(8)12/h2,4,6-7,13H,3,5H2,1H3,(H,11,12). The lowest BCUT2D eigenvalue weighted by atomic mass is 10.2. The number of aromatic amines is 1. The molecule has 0 saturated carbocycles. The second-order valence-corrected chi connectivity index (χ2v) is 3.31. The van der Waals surface area contributed by atoms with E-state index in [9.17, 15) is 4.79 Å². The van der Waals surface area contributed by atoms with Crippen LogP contribution in [0.2, 0.25) is 0 Å². The lowest BCUT2D eigenvalue weighted by Gasteiger charge is -1.94. The molecule has 70 valence electrons. The van der Waals surface area contributed by atoms with Gasteiger partial charge in [-0.1, -0.05) is 12.2 Å². The number of hydrogen-bond acceptors (Lipinski definition) is 2. The van der Waals surface area contributed by atoms with E-state index in [2.05, 4.69) is 17.6 Å². The molecule has 0 amide bonds. The Hall–Kier alpha value is -0.960. The van der Waals surface area contributed by atoms with Crippen molar-refractivity contribution < 1.29 is 0 Å². The molecule has 0 spiro atoms. The third kappa shape index (κ3) is 3.11. The smallest absolute Gasteiger partial charge is 0.250 e. The van der Waals surface area contributed by atoms with Gasteiger partial charge in [-0.05, 0) is 30.7 Å². The van der Waals surface area contributed by atoms with Crippen molar-refractivity contribution in [3.8, 4) is 0 Å². The van der Waals surface area contributed by atoms with Crippen LogP contribution in [0.25, 0.3) is 6.08 Å². The van der Waals surface area contributed by atoms with Crippen LogP contribution in [0.15, 0.2) is 23.1 Å². The molecule has 0 saturated heterocycles. The number of thiol groups is 1. The summed E-state index contributed by atoms with van der Waals surface area (Å²) in [7, 11) is 0. The van der Waals surface area contributed by atoms with Gasteiger partial charge in [0.2, 0.25) is 0 Å². The molecule has 1 N–H and O–H groups in total. The van der Waals surface area contributed by atoms with E-state index >= 15 is 0 Å². The Morgan fingerprint density at radius 2 is 2.38 bits per heavy atom. The van der Waals surface area contributed by atoms with Crippen LogP contribution in [0.1, 0.15) is 17.5 Å². The van der Waals surface area contributed by atoms with Gasteiger partial charge >= 0.3 is 0 Å². The fourth-order valence-corrected chi connectivity index (χ4v) is 1.16. The van der Waals surface area contributed by atoms with Crippen molar-refractivity contribution in [1.29, 1.82) is 0 Å². The van der Waals surface area contributed by atoms with Gasteiger partial charge in [0.05, 0.1) is 0 Å². The Balaban J connectivity index is 2.79. The van der Waals surface area contributed by atoms with E-state index < -0.39 is 0 Å². The highest BCUT2D eigenvalue weighted by molar-refractivity contribution is 7.80. The van der Waals surface area contributed by atoms with Crippen LogP contribution in [0.5, 0.6) is 0 Å². The summed E-state index contributed by atoms with van der Waals surface area (Å²) in [6, 6.07) is 1.87. The molecule has 13 heavy (non-hydrogen) atoms. The van der Waals surface area contributed by atoms with Crippen molar-refractivity contribution in [3.63, 3.8) is 0 Å². The number of nitrogens with one attached hydrogen (secondary N) is 1. The fraction of sp³-hybridized carbons (Fsp3) is 0.300. The van der Waals surface area contributed by atoms with Crippen molar-refractivity contribution in [2.24, 2.45) is 0 Å². The van der Waals surface area contributed by atoms with Gasteiger partial charge in [0, 0.05) is 11.8 Å². The summed E-state index contributed by atoms with van der Waals surface area (Å²) in [4.78, 5) is 13.7. The largest absolute Gasteiger partial charge is 0.328 e. The summed E-state index contributed by atoms with van der Waals surface area (Å²) in [6.45, 7) is 1.80. The van der Waals surface area contributed by atoms with Crippen LogP contribution in [0, 0.1) is 6.92 Å². The highest BCUT2D eigenvalue weighted by atomic mass is 32.1. The first kappa shape index (κ1) is 10.1. The number of pyridine rings is 1. The van der Waals surface area contributed by atoms with Gasteiger partial charge in [0.1, 0.15) is 0 Å². The van der Waals surface area contributed by atoms with Crippen molar-refractivity contribution >= 4 is 18.7 Å². The van der Waals surface area contributed by atoms with Gasteiger partial charge in [-0.15, -0.1) is 0 Å². The van der Waals surface area contributed by atoms with E-state index in [1.54, 1.807) is 13.1 Å². The third-order valence-corrected chi connectivity index (χ3v) is 1.98. The van der Waals surface area contributed by atoms with E-state index in [0.29, 0.717) is 0 Å². The van der Waals surface area contributed by atoms with E-state index in [-0.39, 0.29) is 5.56 Å². The lowest BCUT2D eigenvalue weighted by molar-refractivity contribution is 1.17. The minimum Gasteiger partial charge on any atom is -0.328 e. The number of aryl methyl sites for hydroxylation is 1. The highest BCUT2D eigenvalue weighted by Gasteiger charge is 1.92. The predicted octanol–water partition coefficient (Wildman–Crippen LogP) is 2.02. The maximum Gasteiger partial charge on any atom is 0.250 e. The quantitative estimate of drug-likeness (QED) is 0.711. The Morgan fingerprint density at radius 3 is 3.00 bits per heavy atom. The Morgan fingerprint density at radius 1 is 1.62 bits per heavy atom. The highest BCUT2D eigenvalue weighted by Crippen LogP contribution is 2.01. The monoisotopic (exact) mass is 195 g/mol. The van der Waals surface area contributed by atoms with Crippen LogP contribution in [-0.4, -0.2) is 10.7 Å². The summed E-state index contributed by atoms with van der Waals surface area (Å²) < 4.78 is 0. The Kier molecular flexibility index (Phi) is 3.83. The number of H-pyrrole nitrogens is 1. The van der Waals surface area contributed by atoms with Crippen LogP contribution in [0.3, 0.4) is 0 Å². The molecule has 0 aliphatic rings. The van der Waals surface area contributed by atoms with E-state index in [1.165, 1.54) is 0 Å². The number of rotatable bonds is 3. The first-order valence-electron chi connectivity index (χ1n) is 4.21. The van der Waals surface area contributed by atoms with Gasteiger partial charge in [-0.25, -0.2) is 0 Å². The average Bonchev–Trinajstić information content (AvgIpc) is 2.12. The Bertz CT molecular complexity index is 354. The molecule has 0 atom stereocenters. The van der Waals surface area contributed by atoms with E-state index in [4.69, 9.17) is 0 Å². The molecule has 0 aliphatic carbocycles. The molecule has 0 bridgehead atoms. The maximum atomic E-state index is 11.0. The molecule has 3 heteroatoms. The van der Waals surface area contributed by atoms with Crippen molar-refractivity contribution in [3.05, 3.63) is 39.8 Å². The number of aromatic nitrogens is 1. The van der Waals surface area contributed by atoms with Gasteiger partial charge < -0.3 is 4.98 Å². The second-order valence-electron chi connectivity index (χ2n) is 2.86. The van der Waals surface area contributed by atoms with Gasteiger partial charge in [-0.3, -0.25) is 4.79 Å². The minimum atomic E-state index is -0.0219. The van der Waals surface area contributed by atoms with Crippen LogP contribution >= 0.6 is 12.6 Å². The normalized spacial score (nSPS) is 10.9. The summed E-state index contributed by atoms with van der Waals surface area (Å²) in [6.07, 6.45) is 6.69. The summed E-state index contributed by atoms with van der Waals surface area (Å²) in [5, 5.41) is 0. The zero-order valence-electron chi connectivity index (χ0n) is 7.58. The molecule has 1 aromatic rings. The molecular formula is C10H13NOS. The molecule has 0 aromatic carbocycles. The molecule has 0 unspecified atom stereocenters. The molecule has 1 heterocycles. The van der Waals surface area contributed by atoms with E-state index in [1.807, 2.05) is 18.2 Å². The molecule has 1 aromatic heterocycles. The van der Waals surface area contributed by atoms with Crippen molar-refractivity contribution in [1.82, 2.24) is 4.98 Å². The zero-order valence-corrected chi connectivity index (χ0v) is 8.47. The van der Waals surface area contributed by atoms with Crippen molar-refractivity contribution in [2.45, 2.75) is 13.3 Å². The molecule has 0 fully saturated rings. The van der Waals surface area contributed by atoms with Gasteiger partial charge in [0.15, 0.2) is 0 Å². The molecule has 0 aliphatic heterocycles. The molecular weight excluding hydrogens is 182 g/mol. The molecule has 0 radical (unpaired) electrons. The van der Waals surface area contributed by atoms with Crippen LogP contribution < -0.4 is 5.56 Å². The lowest BCUT2D eigenvalue weighted by Crippen LogP contribution is -2.07.